The molecule has 0 aromatic rings. The van der Waals surface area contributed by atoms with E-state index in [9.17, 15) is 0 Å². The lowest BCUT2D eigenvalue weighted by atomic mass is 10.0. The first kappa shape index (κ1) is 10.4. The number of hydrogen-bond donors (Lipinski definition) is 0. The second kappa shape index (κ2) is 3.77. The van der Waals surface area contributed by atoms with Crippen molar-refractivity contribution in [2.45, 2.75) is 38.3 Å². The molecular formula is C10H18O4. The molecule has 0 aliphatic carbocycles. The van der Waals surface area contributed by atoms with Crippen LogP contribution in [0, 0.1) is 0 Å². The molecule has 0 radical (unpaired) electrons. The summed E-state index contributed by atoms with van der Waals surface area (Å²) in [5.74, 6) is -1.44. The molecule has 4 nitrogen and oxygen atoms in total. The zero-order valence-corrected chi connectivity index (χ0v) is 8.88. The lowest BCUT2D eigenvalue weighted by molar-refractivity contribution is -0.391. The minimum absolute atomic E-state index is 0.616. The van der Waals surface area contributed by atoms with Crippen molar-refractivity contribution in [3.63, 3.8) is 0 Å². The molecule has 2 rings (SSSR count). The Kier molecular flexibility index (Phi) is 2.79. The first-order valence-corrected chi connectivity index (χ1v) is 5.28. The summed E-state index contributed by atoms with van der Waals surface area (Å²) in [6.45, 7) is 6.60. The van der Waals surface area contributed by atoms with E-state index < -0.39 is 11.6 Å². The zero-order valence-electron chi connectivity index (χ0n) is 8.88. The van der Waals surface area contributed by atoms with Crippen molar-refractivity contribution in [3.05, 3.63) is 0 Å². The van der Waals surface area contributed by atoms with Crippen molar-refractivity contribution in [2.24, 2.45) is 0 Å². The van der Waals surface area contributed by atoms with Crippen LogP contribution in [-0.2, 0) is 18.9 Å². The van der Waals surface area contributed by atoms with Crippen molar-refractivity contribution in [1.82, 2.24) is 0 Å². The average Bonchev–Trinajstić information content (AvgIpc) is 2.68. The van der Waals surface area contributed by atoms with Gasteiger partial charge in [-0.2, -0.15) is 0 Å². The van der Waals surface area contributed by atoms with Crippen molar-refractivity contribution >= 4 is 0 Å². The van der Waals surface area contributed by atoms with E-state index >= 15 is 0 Å². The molecule has 4 heteroatoms. The van der Waals surface area contributed by atoms with Gasteiger partial charge in [0.15, 0.2) is 0 Å². The van der Waals surface area contributed by atoms with E-state index in [0.717, 1.165) is 26.1 Å². The molecule has 0 amide bonds. The highest BCUT2D eigenvalue weighted by Crippen LogP contribution is 2.39. The highest BCUT2D eigenvalue weighted by molar-refractivity contribution is 4.88. The van der Waals surface area contributed by atoms with Gasteiger partial charge in [-0.1, -0.05) is 6.92 Å². The molecule has 0 N–H and O–H groups in total. The van der Waals surface area contributed by atoms with Gasteiger partial charge in [0.25, 0.3) is 0 Å². The number of ether oxygens (including phenoxy) is 4. The smallest absolute Gasteiger partial charge is 0.223 e. The maximum atomic E-state index is 5.73. The second-order valence-corrected chi connectivity index (χ2v) is 3.80. The second-order valence-electron chi connectivity index (χ2n) is 3.80. The highest BCUT2D eigenvalue weighted by Gasteiger charge is 2.55. The molecule has 2 fully saturated rings. The van der Waals surface area contributed by atoms with Crippen molar-refractivity contribution in [3.8, 4) is 0 Å². The Balaban J connectivity index is 2.16. The summed E-state index contributed by atoms with van der Waals surface area (Å²) in [7, 11) is 0. The van der Waals surface area contributed by atoms with E-state index in [1.807, 2.05) is 13.8 Å². The molecule has 0 aromatic carbocycles. The zero-order chi connectivity index (χ0) is 10.1. The third kappa shape index (κ3) is 1.46. The maximum absolute atomic E-state index is 5.73. The van der Waals surface area contributed by atoms with Gasteiger partial charge in [-0.05, 0) is 13.3 Å². The number of hydrogen-bond acceptors (Lipinski definition) is 4. The van der Waals surface area contributed by atoms with Crippen molar-refractivity contribution in [1.29, 1.82) is 0 Å². The summed E-state index contributed by atoms with van der Waals surface area (Å²) >= 11 is 0. The average molecular weight is 202 g/mol. The lowest BCUT2D eigenvalue weighted by Gasteiger charge is -2.45. The molecule has 82 valence electrons. The molecule has 0 atom stereocenters. The summed E-state index contributed by atoms with van der Waals surface area (Å²) in [6, 6.07) is 0. The Morgan fingerprint density at radius 2 is 1.50 bits per heavy atom. The van der Waals surface area contributed by atoms with Gasteiger partial charge in [0.2, 0.25) is 11.6 Å². The van der Waals surface area contributed by atoms with Gasteiger partial charge < -0.3 is 18.9 Å². The molecular weight excluding hydrogens is 184 g/mol. The predicted molar refractivity (Wildman–Crippen MR) is 49.9 cm³/mol. The third-order valence-corrected chi connectivity index (χ3v) is 2.95. The van der Waals surface area contributed by atoms with Gasteiger partial charge in [0.1, 0.15) is 0 Å². The van der Waals surface area contributed by atoms with E-state index in [0.29, 0.717) is 13.2 Å². The van der Waals surface area contributed by atoms with Gasteiger partial charge in [-0.15, -0.1) is 0 Å². The Morgan fingerprint density at radius 1 is 0.929 bits per heavy atom. The van der Waals surface area contributed by atoms with Crippen LogP contribution in [0.15, 0.2) is 0 Å². The molecule has 2 aliphatic heterocycles. The molecule has 2 aliphatic rings. The fourth-order valence-electron chi connectivity index (χ4n) is 2.10. The van der Waals surface area contributed by atoms with Gasteiger partial charge >= 0.3 is 0 Å². The van der Waals surface area contributed by atoms with E-state index in [4.69, 9.17) is 18.9 Å². The maximum Gasteiger partial charge on any atom is 0.223 e. The normalized spacial score (nSPS) is 30.4. The number of rotatable bonds is 2. The van der Waals surface area contributed by atoms with Gasteiger partial charge in [0.05, 0.1) is 26.4 Å². The van der Waals surface area contributed by atoms with Gasteiger partial charge in [0, 0.05) is 6.42 Å². The molecule has 2 saturated heterocycles. The molecule has 0 spiro atoms. The third-order valence-electron chi connectivity index (χ3n) is 2.95. The largest absolute Gasteiger partial charge is 0.345 e. The van der Waals surface area contributed by atoms with Crippen LogP contribution in [0.3, 0.4) is 0 Å². The molecule has 0 aromatic heterocycles. The van der Waals surface area contributed by atoms with Crippen LogP contribution in [0.4, 0.5) is 0 Å². The summed E-state index contributed by atoms with van der Waals surface area (Å²) < 4.78 is 22.7. The fourth-order valence-corrected chi connectivity index (χ4v) is 2.10. The Hall–Kier alpha value is -0.160. The summed E-state index contributed by atoms with van der Waals surface area (Å²) in [4.78, 5) is 0. The van der Waals surface area contributed by atoms with E-state index in [1.54, 1.807) is 0 Å². The first-order valence-electron chi connectivity index (χ1n) is 5.28. The van der Waals surface area contributed by atoms with E-state index in [-0.39, 0.29) is 0 Å². The van der Waals surface area contributed by atoms with Crippen LogP contribution in [0.5, 0.6) is 0 Å². The van der Waals surface area contributed by atoms with Gasteiger partial charge in [-0.3, -0.25) is 0 Å². The Labute approximate surface area is 84.5 Å². The van der Waals surface area contributed by atoms with Crippen LogP contribution in [0.1, 0.15) is 26.7 Å². The van der Waals surface area contributed by atoms with Gasteiger partial charge in [-0.25, -0.2) is 0 Å². The quantitative estimate of drug-likeness (QED) is 0.676. The summed E-state index contributed by atoms with van der Waals surface area (Å²) in [6.07, 6.45) is 1.68. The topological polar surface area (TPSA) is 36.9 Å². The molecule has 0 bridgehead atoms. The molecule has 14 heavy (non-hydrogen) atoms. The van der Waals surface area contributed by atoms with Crippen LogP contribution in [0.25, 0.3) is 0 Å². The lowest BCUT2D eigenvalue weighted by Crippen LogP contribution is -2.58. The van der Waals surface area contributed by atoms with Crippen molar-refractivity contribution in [2.75, 3.05) is 26.4 Å². The molecule has 2 heterocycles. The fraction of sp³-hybridized carbons (Fsp3) is 1.00. The van der Waals surface area contributed by atoms with Crippen LogP contribution in [-0.4, -0.2) is 38.0 Å². The first-order chi connectivity index (χ1) is 6.72. The highest BCUT2D eigenvalue weighted by atomic mass is 16.8. The minimum Gasteiger partial charge on any atom is -0.345 e. The standard InChI is InChI=1S/C10H18O4/c1-3-10(13-5-4-6-14-10)9(2)11-7-8-12-9/h3-8H2,1-2H3. The van der Waals surface area contributed by atoms with Crippen LogP contribution < -0.4 is 0 Å². The molecule has 0 saturated carbocycles. The minimum atomic E-state index is -0.734. The van der Waals surface area contributed by atoms with E-state index in [1.165, 1.54) is 0 Å². The SMILES string of the molecule is CCC1(C2(C)OCCO2)OCCCO1. The van der Waals surface area contributed by atoms with Crippen LogP contribution >= 0.6 is 0 Å². The summed E-state index contributed by atoms with van der Waals surface area (Å²) in [5, 5.41) is 0. The Morgan fingerprint density at radius 3 is 2.00 bits per heavy atom. The predicted octanol–water partition coefficient (Wildman–Crippen LogP) is 1.29. The van der Waals surface area contributed by atoms with E-state index in [2.05, 4.69) is 0 Å². The monoisotopic (exact) mass is 202 g/mol. The Bertz CT molecular complexity index is 192. The van der Waals surface area contributed by atoms with Crippen molar-refractivity contribution < 1.29 is 18.9 Å². The summed E-state index contributed by atoms with van der Waals surface area (Å²) in [5.41, 5.74) is 0. The molecule has 0 unspecified atom stereocenters. The van der Waals surface area contributed by atoms with Crippen LogP contribution in [0.2, 0.25) is 0 Å².